The second kappa shape index (κ2) is 5.90. The van der Waals surface area contributed by atoms with E-state index in [1.54, 1.807) is 11.3 Å². The minimum Gasteiger partial charge on any atom is -0.396 e. The zero-order valence-corrected chi connectivity index (χ0v) is 11.4. The molecule has 17 heavy (non-hydrogen) atoms. The minimum atomic E-state index is 0.340. The topological polar surface area (TPSA) is 23.5 Å². The van der Waals surface area contributed by atoms with Crippen LogP contribution in [0.5, 0.6) is 0 Å². The first-order valence-electron chi connectivity index (χ1n) is 7.35. The molecule has 1 N–H and O–H groups in total. The summed E-state index contributed by atoms with van der Waals surface area (Å²) >= 11 is 0. The first-order chi connectivity index (χ1) is 8.27. The maximum atomic E-state index is 8.92. The summed E-state index contributed by atoms with van der Waals surface area (Å²) in [5.74, 6) is 0.818. The molecule has 2 nitrogen and oxygen atoms in total. The largest absolute Gasteiger partial charge is 0.396 e. The van der Waals surface area contributed by atoms with Crippen LogP contribution >= 0.6 is 0 Å². The lowest BCUT2D eigenvalue weighted by Gasteiger charge is -2.39. The number of aliphatic hydroxyl groups excluding tert-OH is 1. The summed E-state index contributed by atoms with van der Waals surface area (Å²) in [6.45, 7) is 6.28. The second-order valence-electron chi connectivity index (χ2n) is 5.64. The normalized spacial score (nSPS) is 28.8. The van der Waals surface area contributed by atoms with E-state index < -0.39 is 0 Å². The number of hydrogen-bond acceptors (Lipinski definition) is 2. The fraction of sp³-hybridized carbons (Fsp3) is 0.867. The fourth-order valence-corrected chi connectivity index (χ4v) is 3.62. The molecule has 0 radical (unpaired) electrons. The molecule has 0 spiro atoms. The highest BCUT2D eigenvalue weighted by molar-refractivity contribution is 5.20. The Bertz CT molecular complexity index is 285. The van der Waals surface area contributed by atoms with Crippen LogP contribution in [0, 0.1) is 5.92 Å². The van der Waals surface area contributed by atoms with Gasteiger partial charge in [0.1, 0.15) is 0 Å². The summed E-state index contributed by atoms with van der Waals surface area (Å²) in [7, 11) is 0. The van der Waals surface area contributed by atoms with E-state index >= 15 is 0 Å². The molecule has 2 aliphatic heterocycles. The van der Waals surface area contributed by atoms with Crippen LogP contribution in [-0.4, -0.2) is 29.2 Å². The maximum absolute atomic E-state index is 8.92. The van der Waals surface area contributed by atoms with Crippen molar-refractivity contribution in [1.82, 2.24) is 4.90 Å². The van der Waals surface area contributed by atoms with E-state index in [0.29, 0.717) is 6.61 Å². The smallest absolute Gasteiger partial charge is 0.0431 e. The van der Waals surface area contributed by atoms with Gasteiger partial charge in [0.25, 0.3) is 0 Å². The van der Waals surface area contributed by atoms with Crippen LogP contribution in [0.4, 0.5) is 0 Å². The Labute approximate surface area is 106 Å². The van der Waals surface area contributed by atoms with Gasteiger partial charge in [0.2, 0.25) is 0 Å². The van der Waals surface area contributed by atoms with Gasteiger partial charge >= 0.3 is 0 Å². The number of hydrogen-bond donors (Lipinski definition) is 1. The second-order valence-corrected chi connectivity index (χ2v) is 5.64. The van der Waals surface area contributed by atoms with Crippen LogP contribution in [0.2, 0.25) is 0 Å². The summed E-state index contributed by atoms with van der Waals surface area (Å²) in [5, 5.41) is 8.92. The highest BCUT2D eigenvalue weighted by Crippen LogP contribution is 2.40. The van der Waals surface area contributed by atoms with Crippen molar-refractivity contribution >= 4 is 0 Å². The minimum absolute atomic E-state index is 0.340. The molecule has 0 aliphatic carbocycles. The molecule has 1 fully saturated rings. The highest BCUT2D eigenvalue weighted by atomic mass is 16.2. The zero-order chi connectivity index (χ0) is 12.3. The van der Waals surface area contributed by atoms with Crippen LogP contribution in [0.3, 0.4) is 0 Å². The van der Waals surface area contributed by atoms with Crippen molar-refractivity contribution in [3.8, 4) is 0 Å². The summed E-state index contributed by atoms with van der Waals surface area (Å²) in [6.07, 6.45) is 8.71. The molecule has 0 saturated carbocycles. The van der Waals surface area contributed by atoms with Crippen molar-refractivity contribution in [3.63, 3.8) is 0 Å². The third kappa shape index (κ3) is 2.67. The number of allylic oxidation sites excluding steroid dienone is 2. The Kier molecular flexibility index (Phi) is 4.49. The molecule has 1 saturated heterocycles. The molecule has 0 aromatic rings. The Balaban J connectivity index is 2.09. The van der Waals surface area contributed by atoms with E-state index in [4.69, 9.17) is 5.11 Å². The number of rotatable bonds is 5. The molecule has 2 rings (SSSR count). The van der Waals surface area contributed by atoms with Gasteiger partial charge < -0.3 is 10.0 Å². The molecule has 2 heterocycles. The lowest BCUT2D eigenvalue weighted by atomic mass is 9.84. The van der Waals surface area contributed by atoms with Crippen molar-refractivity contribution in [2.75, 3.05) is 13.2 Å². The van der Waals surface area contributed by atoms with E-state index in [1.807, 2.05) is 0 Å². The van der Waals surface area contributed by atoms with Crippen molar-refractivity contribution in [2.24, 2.45) is 5.92 Å². The van der Waals surface area contributed by atoms with E-state index in [9.17, 15) is 0 Å². The lowest BCUT2D eigenvalue weighted by Crippen LogP contribution is -2.36. The average Bonchev–Trinajstić information content (AvgIpc) is 2.79. The molecule has 2 atom stereocenters. The van der Waals surface area contributed by atoms with Crippen molar-refractivity contribution < 1.29 is 5.11 Å². The average molecular weight is 237 g/mol. The maximum Gasteiger partial charge on any atom is 0.0431 e. The number of unbranched alkanes of at least 4 members (excludes halogenated alkanes) is 1. The summed E-state index contributed by atoms with van der Waals surface area (Å²) < 4.78 is 0. The van der Waals surface area contributed by atoms with E-state index in [2.05, 4.69) is 18.7 Å². The standard InChI is InChI=1S/C15H27NO/c1-3-13-11-14-7-6-9-16(14)15(12(13)2)8-4-5-10-17/h13-14,17H,3-11H2,1-2H3/t13?,14-/m0/s1. The first-order valence-corrected chi connectivity index (χ1v) is 7.35. The lowest BCUT2D eigenvalue weighted by molar-refractivity contribution is 0.229. The number of nitrogens with zero attached hydrogens (tertiary/aromatic N) is 1. The van der Waals surface area contributed by atoms with Gasteiger partial charge in [-0.1, -0.05) is 12.5 Å². The number of fused-ring (bicyclic) bond motifs is 1. The van der Waals surface area contributed by atoms with Crippen LogP contribution < -0.4 is 0 Å². The van der Waals surface area contributed by atoms with Gasteiger partial charge in [-0.15, -0.1) is 0 Å². The van der Waals surface area contributed by atoms with Gasteiger partial charge in [-0.25, -0.2) is 0 Å². The molecule has 98 valence electrons. The molecule has 0 bridgehead atoms. The van der Waals surface area contributed by atoms with E-state index in [-0.39, 0.29) is 0 Å². The molecular weight excluding hydrogens is 210 g/mol. The zero-order valence-electron chi connectivity index (χ0n) is 11.4. The molecule has 0 aromatic heterocycles. The van der Waals surface area contributed by atoms with Gasteiger partial charge in [0.15, 0.2) is 0 Å². The van der Waals surface area contributed by atoms with Crippen LogP contribution in [0.15, 0.2) is 11.3 Å². The third-order valence-electron chi connectivity index (χ3n) is 4.66. The van der Waals surface area contributed by atoms with Crippen LogP contribution in [0.25, 0.3) is 0 Å². The van der Waals surface area contributed by atoms with Crippen molar-refractivity contribution in [3.05, 3.63) is 11.3 Å². The Hall–Kier alpha value is -0.500. The quantitative estimate of drug-likeness (QED) is 0.741. The van der Waals surface area contributed by atoms with Gasteiger partial charge in [-0.05, 0) is 57.8 Å². The van der Waals surface area contributed by atoms with Crippen LogP contribution in [0.1, 0.15) is 58.8 Å². The highest BCUT2D eigenvalue weighted by Gasteiger charge is 2.34. The summed E-state index contributed by atoms with van der Waals surface area (Å²) in [5.41, 5.74) is 3.27. The van der Waals surface area contributed by atoms with Crippen LogP contribution in [-0.2, 0) is 0 Å². The predicted molar refractivity (Wildman–Crippen MR) is 71.8 cm³/mol. The molecular formula is C15H27NO. The van der Waals surface area contributed by atoms with Gasteiger partial charge in [-0.3, -0.25) is 0 Å². The predicted octanol–water partition coefficient (Wildman–Crippen LogP) is 3.32. The van der Waals surface area contributed by atoms with Crippen molar-refractivity contribution in [2.45, 2.75) is 64.8 Å². The molecule has 1 unspecified atom stereocenters. The SMILES string of the molecule is CCC1C[C@@H]2CCCN2C(CCCCO)=C1C. The fourth-order valence-electron chi connectivity index (χ4n) is 3.62. The Morgan fingerprint density at radius 1 is 1.35 bits per heavy atom. The summed E-state index contributed by atoms with van der Waals surface area (Å²) in [6, 6.07) is 0.827. The summed E-state index contributed by atoms with van der Waals surface area (Å²) in [4.78, 5) is 2.68. The first kappa shape index (κ1) is 12.9. The monoisotopic (exact) mass is 237 g/mol. The molecule has 0 amide bonds. The Morgan fingerprint density at radius 2 is 2.18 bits per heavy atom. The molecule has 0 aromatic carbocycles. The van der Waals surface area contributed by atoms with Gasteiger partial charge in [0.05, 0.1) is 0 Å². The van der Waals surface area contributed by atoms with E-state index in [0.717, 1.165) is 24.8 Å². The van der Waals surface area contributed by atoms with Gasteiger partial charge in [0, 0.05) is 24.9 Å². The third-order valence-corrected chi connectivity index (χ3v) is 4.66. The molecule has 2 heteroatoms. The van der Waals surface area contributed by atoms with E-state index in [1.165, 1.54) is 38.6 Å². The van der Waals surface area contributed by atoms with Gasteiger partial charge in [-0.2, -0.15) is 0 Å². The number of aliphatic hydroxyl groups is 1. The Morgan fingerprint density at radius 3 is 2.88 bits per heavy atom. The molecule has 2 aliphatic rings. The van der Waals surface area contributed by atoms with Crippen molar-refractivity contribution in [1.29, 1.82) is 0 Å².